The zero-order chi connectivity index (χ0) is 13.8. The second kappa shape index (κ2) is 7.40. The van der Waals surface area contributed by atoms with Crippen molar-refractivity contribution in [3.05, 3.63) is 29.8 Å². The molecule has 0 aromatic heterocycles. The van der Waals surface area contributed by atoms with E-state index in [9.17, 15) is 13.6 Å². The van der Waals surface area contributed by atoms with Crippen LogP contribution in [0.1, 0.15) is 18.5 Å². The Morgan fingerprint density at radius 2 is 2.15 bits per heavy atom. The van der Waals surface area contributed by atoms with Gasteiger partial charge in [-0.15, -0.1) is 12.4 Å². The normalized spacial score (nSPS) is 16.0. The molecule has 0 spiro atoms. The molecule has 0 aliphatic carbocycles. The minimum atomic E-state index is -2.85. The lowest BCUT2D eigenvalue weighted by atomic mass is 10.0. The summed E-state index contributed by atoms with van der Waals surface area (Å²) in [7, 11) is 0. The van der Waals surface area contributed by atoms with Gasteiger partial charge in [-0.05, 0) is 24.6 Å². The lowest BCUT2D eigenvalue weighted by Crippen LogP contribution is -2.51. The number of hydrogen-bond donors (Lipinski definition) is 2. The Balaban J connectivity index is 0.00000200. The van der Waals surface area contributed by atoms with Gasteiger partial charge in [0.25, 0.3) is 0 Å². The van der Waals surface area contributed by atoms with Gasteiger partial charge in [0.2, 0.25) is 5.91 Å². The van der Waals surface area contributed by atoms with Crippen LogP contribution in [0, 0.1) is 5.92 Å². The summed E-state index contributed by atoms with van der Waals surface area (Å²) in [5, 5.41) is 5.88. The molecule has 7 heteroatoms. The molecule has 1 saturated heterocycles. The van der Waals surface area contributed by atoms with Gasteiger partial charge in [0, 0.05) is 13.1 Å². The Bertz CT molecular complexity index is 456. The first-order valence-corrected chi connectivity index (χ1v) is 6.12. The Morgan fingerprint density at radius 1 is 1.45 bits per heavy atom. The van der Waals surface area contributed by atoms with E-state index < -0.39 is 6.61 Å². The molecule has 1 atom stereocenters. The van der Waals surface area contributed by atoms with Crippen LogP contribution in [0.4, 0.5) is 8.78 Å². The third-order valence-corrected chi connectivity index (χ3v) is 3.09. The van der Waals surface area contributed by atoms with Crippen molar-refractivity contribution in [1.29, 1.82) is 0 Å². The standard InChI is InChI=1S/C13H16F2N2O2.ClH/c1-8(17-12(18)10-6-16-7-10)9-3-2-4-11(5-9)19-13(14)15;/h2-5,8,10,13,16H,6-7H2,1H3,(H,17,18);1H. The Kier molecular flexibility index (Phi) is 6.16. The quantitative estimate of drug-likeness (QED) is 0.876. The first kappa shape index (κ1) is 16.7. The highest BCUT2D eigenvalue weighted by Gasteiger charge is 2.25. The minimum absolute atomic E-state index is 0. The molecule has 1 fully saturated rings. The molecule has 2 rings (SSSR count). The van der Waals surface area contributed by atoms with Crippen LogP contribution in [0.5, 0.6) is 5.75 Å². The second-order valence-electron chi connectivity index (χ2n) is 4.54. The molecule has 1 aliphatic rings. The highest BCUT2D eigenvalue weighted by Crippen LogP contribution is 2.21. The fraction of sp³-hybridized carbons (Fsp3) is 0.462. The molecule has 0 saturated carbocycles. The number of nitrogens with one attached hydrogen (secondary N) is 2. The van der Waals surface area contributed by atoms with Crippen molar-refractivity contribution in [2.45, 2.75) is 19.6 Å². The number of carbonyl (C=O) groups is 1. The minimum Gasteiger partial charge on any atom is -0.435 e. The van der Waals surface area contributed by atoms with Crippen LogP contribution in [0.25, 0.3) is 0 Å². The fourth-order valence-corrected chi connectivity index (χ4v) is 1.85. The SMILES string of the molecule is CC(NC(=O)C1CNC1)c1cccc(OC(F)F)c1.Cl. The van der Waals surface area contributed by atoms with E-state index in [1.54, 1.807) is 12.1 Å². The maximum atomic E-state index is 12.1. The smallest absolute Gasteiger partial charge is 0.387 e. The third kappa shape index (κ3) is 4.31. The summed E-state index contributed by atoms with van der Waals surface area (Å²) in [4.78, 5) is 11.8. The van der Waals surface area contributed by atoms with Gasteiger partial charge in [0.1, 0.15) is 5.75 Å². The Hall–Kier alpha value is -1.40. The van der Waals surface area contributed by atoms with Gasteiger partial charge in [-0.1, -0.05) is 12.1 Å². The van der Waals surface area contributed by atoms with Gasteiger partial charge >= 0.3 is 6.61 Å². The third-order valence-electron chi connectivity index (χ3n) is 3.09. The summed E-state index contributed by atoms with van der Waals surface area (Å²) in [6.45, 7) is 0.340. The van der Waals surface area contributed by atoms with Gasteiger partial charge in [-0.2, -0.15) is 8.78 Å². The highest BCUT2D eigenvalue weighted by molar-refractivity contribution is 5.85. The molecule has 112 valence electrons. The summed E-state index contributed by atoms with van der Waals surface area (Å²) >= 11 is 0. The average Bonchev–Trinajstić information content (AvgIpc) is 2.25. The van der Waals surface area contributed by atoms with E-state index in [0.29, 0.717) is 13.1 Å². The first-order valence-electron chi connectivity index (χ1n) is 6.12. The number of halogens is 3. The summed E-state index contributed by atoms with van der Waals surface area (Å²) in [5.74, 6) is 0.0771. The molecule has 20 heavy (non-hydrogen) atoms. The van der Waals surface area contributed by atoms with E-state index in [0.717, 1.165) is 5.56 Å². The zero-order valence-electron chi connectivity index (χ0n) is 10.9. The molecule has 1 amide bonds. The number of rotatable bonds is 5. The molecule has 0 bridgehead atoms. The summed E-state index contributed by atoms with van der Waals surface area (Å²) in [5.41, 5.74) is 0.735. The van der Waals surface area contributed by atoms with E-state index in [1.807, 2.05) is 6.92 Å². The number of alkyl halides is 2. The van der Waals surface area contributed by atoms with Crippen molar-refractivity contribution >= 4 is 18.3 Å². The molecule has 1 heterocycles. The molecule has 1 aliphatic heterocycles. The van der Waals surface area contributed by atoms with Crippen LogP contribution in [-0.2, 0) is 4.79 Å². The molecule has 2 N–H and O–H groups in total. The van der Waals surface area contributed by atoms with Crippen molar-refractivity contribution in [2.24, 2.45) is 5.92 Å². The molecule has 1 aromatic rings. The fourth-order valence-electron chi connectivity index (χ4n) is 1.85. The van der Waals surface area contributed by atoms with E-state index in [2.05, 4.69) is 15.4 Å². The maximum absolute atomic E-state index is 12.1. The van der Waals surface area contributed by atoms with Crippen LogP contribution >= 0.6 is 12.4 Å². The van der Waals surface area contributed by atoms with Gasteiger partial charge < -0.3 is 15.4 Å². The predicted octanol–water partition coefficient (Wildman–Crippen LogP) is 2.11. The van der Waals surface area contributed by atoms with Crippen LogP contribution in [-0.4, -0.2) is 25.6 Å². The van der Waals surface area contributed by atoms with Crippen molar-refractivity contribution in [3.8, 4) is 5.75 Å². The Morgan fingerprint density at radius 3 is 2.70 bits per heavy atom. The topological polar surface area (TPSA) is 50.4 Å². The molecular weight excluding hydrogens is 290 g/mol. The monoisotopic (exact) mass is 306 g/mol. The number of hydrogen-bond acceptors (Lipinski definition) is 3. The van der Waals surface area contributed by atoms with Crippen molar-refractivity contribution in [3.63, 3.8) is 0 Å². The summed E-state index contributed by atoms with van der Waals surface area (Å²) in [6.07, 6.45) is 0. The van der Waals surface area contributed by atoms with Crippen LogP contribution in [0.3, 0.4) is 0 Å². The number of carbonyl (C=O) groups excluding carboxylic acids is 1. The van der Waals surface area contributed by atoms with E-state index >= 15 is 0 Å². The lowest BCUT2D eigenvalue weighted by Gasteiger charge is -2.27. The van der Waals surface area contributed by atoms with Gasteiger partial charge in [-0.25, -0.2) is 0 Å². The number of ether oxygens (including phenoxy) is 1. The van der Waals surface area contributed by atoms with E-state index in [-0.39, 0.29) is 36.0 Å². The summed E-state index contributed by atoms with van der Waals surface area (Å²) < 4.78 is 28.6. The maximum Gasteiger partial charge on any atom is 0.387 e. The molecule has 4 nitrogen and oxygen atoms in total. The van der Waals surface area contributed by atoms with Gasteiger partial charge in [0.15, 0.2) is 0 Å². The van der Waals surface area contributed by atoms with E-state index in [1.165, 1.54) is 12.1 Å². The lowest BCUT2D eigenvalue weighted by molar-refractivity contribution is -0.127. The van der Waals surface area contributed by atoms with Crippen LogP contribution < -0.4 is 15.4 Å². The van der Waals surface area contributed by atoms with Crippen LogP contribution in [0.15, 0.2) is 24.3 Å². The predicted molar refractivity (Wildman–Crippen MR) is 73.2 cm³/mol. The number of benzene rings is 1. The summed E-state index contributed by atoms with van der Waals surface area (Å²) in [6, 6.07) is 6.12. The van der Waals surface area contributed by atoms with Crippen molar-refractivity contribution in [2.75, 3.05) is 13.1 Å². The second-order valence-corrected chi connectivity index (χ2v) is 4.54. The van der Waals surface area contributed by atoms with E-state index in [4.69, 9.17) is 0 Å². The Labute approximate surface area is 122 Å². The largest absolute Gasteiger partial charge is 0.435 e. The number of amides is 1. The van der Waals surface area contributed by atoms with Crippen LogP contribution in [0.2, 0.25) is 0 Å². The molecule has 1 unspecified atom stereocenters. The average molecular weight is 307 g/mol. The molecular formula is C13H17ClF2N2O2. The first-order chi connectivity index (χ1) is 9.06. The van der Waals surface area contributed by atoms with Crippen molar-refractivity contribution < 1.29 is 18.3 Å². The molecule has 0 radical (unpaired) electrons. The molecule has 1 aromatic carbocycles. The zero-order valence-corrected chi connectivity index (χ0v) is 11.8. The van der Waals surface area contributed by atoms with Gasteiger partial charge in [0.05, 0.1) is 12.0 Å². The highest BCUT2D eigenvalue weighted by atomic mass is 35.5. The van der Waals surface area contributed by atoms with Crippen molar-refractivity contribution in [1.82, 2.24) is 10.6 Å². The van der Waals surface area contributed by atoms with Gasteiger partial charge in [-0.3, -0.25) is 4.79 Å².